The van der Waals surface area contributed by atoms with Gasteiger partial charge < -0.3 is 14.6 Å². The second kappa shape index (κ2) is 6.76. The van der Waals surface area contributed by atoms with Gasteiger partial charge in [-0.05, 0) is 19.4 Å². The molecule has 2 aromatic heterocycles. The zero-order chi connectivity index (χ0) is 16.4. The lowest BCUT2D eigenvalue weighted by molar-refractivity contribution is 0.0842. The van der Waals surface area contributed by atoms with E-state index in [0.717, 1.165) is 18.5 Å². The van der Waals surface area contributed by atoms with Gasteiger partial charge in [-0.1, -0.05) is 11.6 Å². The number of nitrogens with zero attached hydrogens (tertiary/aromatic N) is 3. The molecule has 1 amide bonds. The number of nitrogens with one attached hydrogen (secondary N) is 1. The van der Waals surface area contributed by atoms with Crippen molar-refractivity contribution >= 4 is 17.5 Å². The first-order valence-corrected chi connectivity index (χ1v) is 8.20. The Kier molecular flexibility index (Phi) is 4.73. The molecule has 1 aliphatic heterocycles. The smallest absolute Gasteiger partial charge is 0.267 e. The number of carbonyl (C=O) groups excluding carboxylic acids is 1. The summed E-state index contributed by atoms with van der Waals surface area (Å²) in [4.78, 5) is 12.3. The van der Waals surface area contributed by atoms with Gasteiger partial charge in [0.05, 0.1) is 17.3 Å². The highest BCUT2D eigenvalue weighted by atomic mass is 35.5. The molecule has 1 fully saturated rings. The van der Waals surface area contributed by atoms with E-state index >= 15 is 0 Å². The summed E-state index contributed by atoms with van der Waals surface area (Å²) in [6.45, 7) is 4.17. The first-order chi connectivity index (χ1) is 11.1. The second-order valence-electron chi connectivity index (χ2n) is 5.83. The number of carbonyl (C=O) groups is 1. The van der Waals surface area contributed by atoms with Crippen molar-refractivity contribution in [1.29, 1.82) is 0 Å². The Morgan fingerprint density at radius 2 is 2.35 bits per heavy atom. The fourth-order valence-corrected chi connectivity index (χ4v) is 3.22. The molecule has 0 aliphatic carbocycles. The summed E-state index contributed by atoms with van der Waals surface area (Å²) in [6, 6.07) is 1.67. The maximum atomic E-state index is 12.3. The Hall–Kier alpha value is -1.79. The van der Waals surface area contributed by atoms with E-state index in [0.29, 0.717) is 23.9 Å². The largest absolute Gasteiger partial charge is 0.373 e. The minimum Gasteiger partial charge on any atom is -0.373 e. The van der Waals surface area contributed by atoms with Gasteiger partial charge in [0.15, 0.2) is 0 Å². The molecule has 7 heteroatoms. The number of hydrogen-bond donors (Lipinski definition) is 1. The summed E-state index contributed by atoms with van der Waals surface area (Å²) in [5.74, 6) is 0.137. The Morgan fingerprint density at radius 3 is 3.00 bits per heavy atom. The zero-order valence-corrected chi connectivity index (χ0v) is 14.1. The fraction of sp³-hybridized carbons (Fsp3) is 0.500. The number of aromatic nitrogens is 3. The van der Waals surface area contributed by atoms with E-state index in [1.165, 1.54) is 0 Å². The van der Waals surface area contributed by atoms with Crippen LogP contribution in [0.4, 0.5) is 0 Å². The standard InChI is InChI=1S/C16H21ClN4O2/c1-3-21-9-12(8-19-21)15-11(4-5-23-15)7-18-16(22)14-6-13(17)10-20(14)2/h6,8-11,15H,3-5,7H2,1-2H3,(H,18,22)/t11-,15+/m0/s1. The fourth-order valence-electron chi connectivity index (χ4n) is 2.98. The number of hydrogen-bond acceptors (Lipinski definition) is 3. The first-order valence-electron chi connectivity index (χ1n) is 7.82. The van der Waals surface area contributed by atoms with Gasteiger partial charge in [0.2, 0.25) is 0 Å². The minimum atomic E-state index is -0.116. The van der Waals surface area contributed by atoms with Crippen molar-refractivity contribution < 1.29 is 9.53 Å². The number of halogens is 1. The molecule has 1 N–H and O–H groups in total. The SMILES string of the molecule is CCn1cc([C@@H]2OCC[C@H]2CNC(=O)c2cc(Cl)cn2C)cn1. The van der Waals surface area contributed by atoms with E-state index in [-0.39, 0.29) is 17.9 Å². The minimum absolute atomic E-state index is 0.00685. The summed E-state index contributed by atoms with van der Waals surface area (Å²) in [7, 11) is 1.81. The molecule has 1 aliphatic rings. The van der Waals surface area contributed by atoms with Crippen molar-refractivity contribution in [1.82, 2.24) is 19.7 Å². The normalized spacial score (nSPS) is 20.8. The van der Waals surface area contributed by atoms with Crippen molar-refractivity contribution in [3.05, 3.63) is 40.9 Å². The van der Waals surface area contributed by atoms with Crippen LogP contribution in [-0.2, 0) is 18.3 Å². The molecular weight excluding hydrogens is 316 g/mol. The highest BCUT2D eigenvalue weighted by Crippen LogP contribution is 2.33. The van der Waals surface area contributed by atoms with Gasteiger partial charge in [0.1, 0.15) is 5.69 Å². The Balaban J connectivity index is 1.62. The van der Waals surface area contributed by atoms with Gasteiger partial charge in [-0.3, -0.25) is 9.48 Å². The summed E-state index contributed by atoms with van der Waals surface area (Å²) in [5.41, 5.74) is 1.63. The molecule has 3 heterocycles. The Bertz CT molecular complexity index is 694. The first kappa shape index (κ1) is 16.1. The summed E-state index contributed by atoms with van der Waals surface area (Å²) in [6.07, 6.45) is 6.51. The Morgan fingerprint density at radius 1 is 1.52 bits per heavy atom. The highest BCUT2D eigenvalue weighted by molar-refractivity contribution is 6.31. The molecule has 6 nitrogen and oxygen atoms in total. The average Bonchev–Trinajstić information content (AvgIpc) is 3.23. The molecule has 23 heavy (non-hydrogen) atoms. The lowest BCUT2D eigenvalue weighted by Gasteiger charge is -2.17. The van der Waals surface area contributed by atoms with Gasteiger partial charge in [0.25, 0.3) is 5.91 Å². The summed E-state index contributed by atoms with van der Waals surface area (Å²) >= 11 is 5.93. The van der Waals surface area contributed by atoms with Gasteiger partial charge in [-0.15, -0.1) is 0 Å². The molecule has 2 atom stereocenters. The van der Waals surface area contributed by atoms with E-state index < -0.39 is 0 Å². The van der Waals surface area contributed by atoms with Crippen molar-refractivity contribution in [3.8, 4) is 0 Å². The molecule has 0 aromatic carbocycles. The third-order valence-corrected chi connectivity index (χ3v) is 4.46. The van der Waals surface area contributed by atoms with Crippen molar-refractivity contribution in [2.75, 3.05) is 13.2 Å². The maximum absolute atomic E-state index is 12.3. The summed E-state index contributed by atoms with van der Waals surface area (Å²) in [5, 5.41) is 7.85. The van der Waals surface area contributed by atoms with Gasteiger partial charge in [-0.2, -0.15) is 5.10 Å². The molecule has 0 spiro atoms. The zero-order valence-electron chi connectivity index (χ0n) is 13.3. The molecule has 1 saturated heterocycles. The van der Waals surface area contributed by atoms with Gasteiger partial charge >= 0.3 is 0 Å². The van der Waals surface area contributed by atoms with Gasteiger partial charge in [0, 0.05) is 50.6 Å². The molecule has 3 rings (SSSR count). The monoisotopic (exact) mass is 336 g/mol. The van der Waals surface area contributed by atoms with E-state index in [2.05, 4.69) is 17.3 Å². The summed E-state index contributed by atoms with van der Waals surface area (Å²) < 4.78 is 9.46. The molecular formula is C16H21ClN4O2. The van der Waals surface area contributed by atoms with Crippen molar-refractivity contribution in [2.45, 2.75) is 26.0 Å². The van der Waals surface area contributed by atoms with Crippen LogP contribution >= 0.6 is 11.6 Å². The van der Waals surface area contributed by atoms with Crippen LogP contribution in [0.1, 0.15) is 35.5 Å². The predicted molar refractivity (Wildman–Crippen MR) is 87.5 cm³/mol. The third-order valence-electron chi connectivity index (χ3n) is 4.25. The molecule has 124 valence electrons. The van der Waals surface area contributed by atoms with Crippen molar-refractivity contribution in [3.63, 3.8) is 0 Å². The van der Waals surface area contributed by atoms with E-state index in [1.54, 1.807) is 23.9 Å². The van der Waals surface area contributed by atoms with Crippen LogP contribution in [0.15, 0.2) is 24.7 Å². The van der Waals surface area contributed by atoms with Crippen LogP contribution in [0.3, 0.4) is 0 Å². The Labute approximate surface area is 140 Å². The molecule has 2 aromatic rings. The van der Waals surface area contributed by atoms with Crippen LogP contribution in [0.5, 0.6) is 0 Å². The lowest BCUT2D eigenvalue weighted by atomic mass is 9.97. The molecule has 0 radical (unpaired) electrons. The highest BCUT2D eigenvalue weighted by Gasteiger charge is 2.31. The number of rotatable bonds is 5. The number of amides is 1. The third kappa shape index (κ3) is 3.43. The topological polar surface area (TPSA) is 61.1 Å². The van der Waals surface area contributed by atoms with Gasteiger partial charge in [-0.25, -0.2) is 0 Å². The second-order valence-corrected chi connectivity index (χ2v) is 6.27. The molecule has 0 bridgehead atoms. The predicted octanol–water partition coefficient (Wildman–Crippen LogP) is 2.40. The van der Waals surface area contributed by atoms with Crippen LogP contribution in [0, 0.1) is 5.92 Å². The molecule has 0 unspecified atom stereocenters. The maximum Gasteiger partial charge on any atom is 0.267 e. The van der Waals surface area contributed by atoms with Crippen LogP contribution in [0.25, 0.3) is 0 Å². The van der Waals surface area contributed by atoms with E-state index in [9.17, 15) is 4.79 Å². The van der Waals surface area contributed by atoms with E-state index in [4.69, 9.17) is 16.3 Å². The number of aryl methyl sites for hydroxylation is 2. The quantitative estimate of drug-likeness (QED) is 0.912. The molecule has 0 saturated carbocycles. The number of ether oxygens (including phenoxy) is 1. The van der Waals surface area contributed by atoms with Crippen LogP contribution in [0.2, 0.25) is 5.02 Å². The van der Waals surface area contributed by atoms with Crippen molar-refractivity contribution in [2.24, 2.45) is 13.0 Å². The lowest BCUT2D eigenvalue weighted by Crippen LogP contribution is -2.31. The average molecular weight is 337 g/mol. The van der Waals surface area contributed by atoms with Crippen LogP contribution in [-0.4, -0.2) is 33.4 Å². The van der Waals surface area contributed by atoms with E-state index in [1.807, 2.05) is 17.1 Å². The van der Waals surface area contributed by atoms with Crippen LogP contribution < -0.4 is 5.32 Å².